The SMILES string of the molecule is C[C@H]1COCCN1c1nc(-c2ccc(NC(=O)Nc3ccc(C(=O)NCCN4CCN(C)CC4)cc3)cc2)nc(N2CCOC[C@@H]2C)n1. The first-order chi connectivity index (χ1) is 23.3. The van der Waals surface area contributed by atoms with E-state index in [-0.39, 0.29) is 24.0 Å². The molecule has 0 aliphatic carbocycles. The van der Waals surface area contributed by atoms with Crippen LogP contribution in [0.3, 0.4) is 0 Å². The summed E-state index contributed by atoms with van der Waals surface area (Å²) in [6.07, 6.45) is 0. The summed E-state index contributed by atoms with van der Waals surface area (Å²) in [5.41, 5.74) is 2.56. The van der Waals surface area contributed by atoms with Gasteiger partial charge < -0.3 is 40.1 Å². The molecule has 3 fully saturated rings. The number of carbonyl (C=O) groups excluding carboxylic acids is 2. The molecule has 4 heterocycles. The number of carbonyl (C=O) groups is 2. The van der Waals surface area contributed by atoms with Crippen molar-refractivity contribution in [1.29, 1.82) is 0 Å². The highest BCUT2D eigenvalue weighted by atomic mass is 16.5. The summed E-state index contributed by atoms with van der Waals surface area (Å²) in [5, 5.41) is 8.69. The van der Waals surface area contributed by atoms with Gasteiger partial charge in [0.2, 0.25) is 11.9 Å². The number of urea groups is 1. The summed E-state index contributed by atoms with van der Waals surface area (Å²) in [7, 11) is 2.13. The van der Waals surface area contributed by atoms with Gasteiger partial charge in [-0.1, -0.05) is 0 Å². The van der Waals surface area contributed by atoms with Crippen molar-refractivity contribution in [3.8, 4) is 11.4 Å². The number of anilines is 4. The Morgan fingerprint density at radius 2 is 1.29 bits per heavy atom. The molecule has 256 valence electrons. The molecule has 0 spiro atoms. The molecular formula is C34H46N10O4. The van der Waals surface area contributed by atoms with Gasteiger partial charge in [0.15, 0.2) is 5.82 Å². The first-order valence-electron chi connectivity index (χ1n) is 16.7. The minimum absolute atomic E-state index is 0.128. The Labute approximate surface area is 281 Å². The molecule has 14 nitrogen and oxygen atoms in total. The minimum atomic E-state index is -0.389. The van der Waals surface area contributed by atoms with Crippen LogP contribution in [-0.4, -0.2) is 135 Å². The highest BCUT2D eigenvalue weighted by molar-refractivity contribution is 6.00. The van der Waals surface area contributed by atoms with E-state index in [4.69, 9.17) is 24.4 Å². The molecule has 14 heteroatoms. The number of rotatable bonds is 9. The molecule has 0 radical (unpaired) electrons. The molecule has 0 unspecified atom stereocenters. The van der Waals surface area contributed by atoms with Gasteiger partial charge in [0.25, 0.3) is 5.91 Å². The third kappa shape index (κ3) is 8.55. The third-order valence-electron chi connectivity index (χ3n) is 8.98. The van der Waals surface area contributed by atoms with Crippen LogP contribution in [0, 0.1) is 0 Å². The molecule has 3 saturated heterocycles. The van der Waals surface area contributed by atoms with Gasteiger partial charge in [-0.3, -0.25) is 9.69 Å². The Morgan fingerprint density at radius 1 is 0.750 bits per heavy atom. The van der Waals surface area contributed by atoms with Gasteiger partial charge in [-0.2, -0.15) is 15.0 Å². The standard InChI is InChI=1S/C34H46N10O4/c1-24-22-47-20-18-43(24)32-38-30(39-33(40-32)44-19-21-48-23-25(44)2)26-4-8-28(9-5-26)36-34(46)37-29-10-6-27(7-11-29)31(45)35-12-13-42-16-14-41(3)15-17-42/h4-11,24-25H,12-23H2,1-3H3,(H,35,45)(H2,36,37,46)/t24-,25-/m0/s1. The molecule has 3 N–H and O–H groups in total. The van der Waals surface area contributed by atoms with Crippen LogP contribution in [0.15, 0.2) is 48.5 Å². The molecule has 48 heavy (non-hydrogen) atoms. The van der Waals surface area contributed by atoms with Crippen LogP contribution in [0.5, 0.6) is 0 Å². The second-order valence-corrected chi connectivity index (χ2v) is 12.6. The van der Waals surface area contributed by atoms with Crippen molar-refractivity contribution in [2.24, 2.45) is 0 Å². The smallest absolute Gasteiger partial charge is 0.323 e. The van der Waals surface area contributed by atoms with E-state index < -0.39 is 0 Å². The maximum atomic E-state index is 12.8. The predicted molar refractivity (Wildman–Crippen MR) is 186 cm³/mol. The number of amides is 3. The van der Waals surface area contributed by atoms with E-state index in [2.05, 4.69) is 56.4 Å². The van der Waals surface area contributed by atoms with Crippen LogP contribution in [0.2, 0.25) is 0 Å². The van der Waals surface area contributed by atoms with Gasteiger partial charge >= 0.3 is 6.03 Å². The maximum absolute atomic E-state index is 12.8. The lowest BCUT2D eigenvalue weighted by Crippen LogP contribution is -2.46. The van der Waals surface area contributed by atoms with E-state index in [1.807, 2.05) is 24.3 Å². The second-order valence-electron chi connectivity index (χ2n) is 12.6. The first kappa shape index (κ1) is 33.5. The zero-order valence-electron chi connectivity index (χ0n) is 28.0. The lowest BCUT2D eigenvalue weighted by Gasteiger charge is -2.36. The van der Waals surface area contributed by atoms with E-state index in [0.717, 1.165) is 38.3 Å². The van der Waals surface area contributed by atoms with Gasteiger partial charge in [-0.25, -0.2) is 4.79 Å². The zero-order chi connectivity index (χ0) is 33.5. The summed E-state index contributed by atoms with van der Waals surface area (Å²) in [4.78, 5) is 49.0. The molecular weight excluding hydrogens is 612 g/mol. The first-order valence-corrected chi connectivity index (χ1v) is 16.7. The molecule has 3 aliphatic rings. The van der Waals surface area contributed by atoms with Crippen molar-refractivity contribution in [2.45, 2.75) is 25.9 Å². The van der Waals surface area contributed by atoms with Crippen molar-refractivity contribution in [3.63, 3.8) is 0 Å². The summed E-state index contributed by atoms with van der Waals surface area (Å²) in [6, 6.07) is 14.2. The molecule has 0 saturated carbocycles. The lowest BCUT2D eigenvalue weighted by molar-refractivity contribution is 0.0941. The fraction of sp³-hybridized carbons (Fsp3) is 0.500. The van der Waals surface area contributed by atoms with Crippen LogP contribution >= 0.6 is 0 Å². The number of morpholine rings is 2. The van der Waals surface area contributed by atoms with E-state index in [0.29, 0.717) is 80.7 Å². The number of benzene rings is 2. The fourth-order valence-corrected chi connectivity index (χ4v) is 5.99. The van der Waals surface area contributed by atoms with Gasteiger partial charge in [0, 0.05) is 74.9 Å². The quantitative estimate of drug-likeness (QED) is 0.313. The number of nitrogens with one attached hydrogen (secondary N) is 3. The van der Waals surface area contributed by atoms with Crippen molar-refractivity contribution >= 4 is 35.2 Å². The normalized spacial score (nSPS) is 20.7. The van der Waals surface area contributed by atoms with E-state index in [1.54, 1.807) is 24.3 Å². The number of aromatic nitrogens is 3. The number of likely N-dealkylation sites (N-methyl/N-ethyl adjacent to an activating group) is 1. The van der Waals surface area contributed by atoms with Crippen LogP contribution in [0.1, 0.15) is 24.2 Å². The average molecular weight is 659 g/mol. The minimum Gasteiger partial charge on any atom is -0.377 e. The number of nitrogens with zero attached hydrogens (tertiary/aromatic N) is 7. The van der Waals surface area contributed by atoms with Gasteiger partial charge in [-0.15, -0.1) is 0 Å². The maximum Gasteiger partial charge on any atom is 0.323 e. The zero-order valence-corrected chi connectivity index (χ0v) is 28.0. The van der Waals surface area contributed by atoms with E-state index in [9.17, 15) is 9.59 Å². The van der Waals surface area contributed by atoms with Crippen molar-refractivity contribution in [1.82, 2.24) is 30.1 Å². The van der Waals surface area contributed by atoms with Crippen LogP contribution in [0.4, 0.5) is 28.1 Å². The summed E-state index contributed by atoms with van der Waals surface area (Å²) in [5.74, 6) is 1.68. The molecule has 3 aromatic rings. The Bertz CT molecular complexity index is 1490. The molecule has 0 bridgehead atoms. The molecule has 1 aromatic heterocycles. The fourth-order valence-electron chi connectivity index (χ4n) is 5.99. The van der Waals surface area contributed by atoms with Gasteiger partial charge in [-0.05, 0) is 69.4 Å². The number of piperazine rings is 1. The highest BCUT2D eigenvalue weighted by Gasteiger charge is 2.27. The summed E-state index contributed by atoms with van der Waals surface area (Å²) >= 11 is 0. The highest BCUT2D eigenvalue weighted by Crippen LogP contribution is 2.26. The van der Waals surface area contributed by atoms with Crippen molar-refractivity contribution in [2.75, 3.05) is 106 Å². The number of ether oxygens (including phenoxy) is 2. The topological polar surface area (TPSA) is 140 Å². The molecule has 2 atom stereocenters. The Hall–Kier alpha value is -4.37. The molecule has 2 aromatic carbocycles. The number of hydrogen-bond acceptors (Lipinski definition) is 11. The summed E-state index contributed by atoms with van der Waals surface area (Å²) < 4.78 is 11.3. The van der Waals surface area contributed by atoms with Crippen molar-refractivity contribution in [3.05, 3.63) is 54.1 Å². The summed E-state index contributed by atoms with van der Waals surface area (Å²) in [6.45, 7) is 13.6. The van der Waals surface area contributed by atoms with Crippen LogP contribution < -0.4 is 25.8 Å². The van der Waals surface area contributed by atoms with Crippen molar-refractivity contribution < 1.29 is 19.1 Å². The largest absolute Gasteiger partial charge is 0.377 e. The predicted octanol–water partition coefficient (Wildman–Crippen LogP) is 2.61. The molecule has 3 aliphatic heterocycles. The Morgan fingerprint density at radius 3 is 1.83 bits per heavy atom. The second kappa shape index (κ2) is 15.7. The van der Waals surface area contributed by atoms with E-state index in [1.165, 1.54) is 0 Å². The monoisotopic (exact) mass is 658 g/mol. The Balaban J connectivity index is 1.05. The average Bonchev–Trinajstić information content (AvgIpc) is 3.10. The van der Waals surface area contributed by atoms with Gasteiger partial charge in [0.1, 0.15) is 0 Å². The van der Waals surface area contributed by atoms with Crippen LogP contribution in [0.25, 0.3) is 11.4 Å². The molecule has 3 amide bonds. The van der Waals surface area contributed by atoms with Gasteiger partial charge in [0.05, 0.1) is 38.5 Å². The lowest BCUT2D eigenvalue weighted by atomic mass is 10.2. The number of hydrogen-bond donors (Lipinski definition) is 3. The molecule has 6 rings (SSSR count). The third-order valence-corrected chi connectivity index (χ3v) is 8.98. The Kier molecular flexibility index (Phi) is 11.0. The van der Waals surface area contributed by atoms with Crippen LogP contribution in [-0.2, 0) is 9.47 Å². The van der Waals surface area contributed by atoms with E-state index >= 15 is 0 Å².